The van der Waals surface area contributed by atoms with Crippen LogP contribution in [0, 0.1) is 0 Å². The lowest BCUT2D eigenvalue weighted by Gasteiger charge is -2.14. The van der Waals surface area contributed by atoms with E-state index in [1.54, 1.807) is 0 Å². The molecule has 4 nitrogen and oxygen atoms in total. The predicted octanol–water partition coefficient (Wildman–Crippen LogP) is 11.9. The quantitative estimate of drug-likeness (QED) is 0.190. The van der Waals surface area contributed by atoms with Crippen molar-refractivity contribution in [3.63, 3.8) is 0 Å². The van der Waals surface area contributed by atoms with E-state index in [0.29, 0.717) is 0 Å². The van der Waals surface area contributed by atoms with Gasteiger partial charge < -0.3 is 4.40 Å². The van der Waals surface area contributed by atoms with Gasteiger partial charge in [-0.1, -0.05) is 127 Å². The van der Waals surface area contributed by atoms with Crippen molar-refractivity contribution in [1.29, 1.82) is 0 Å². The van der Waals surface area contributed by atoms with Gasteiger partial charge in [0.1, 0.15) is 5.82 Å². The van der Waals surface area contributed by atoms with Crippen molar-refractivity contribution >= 4 is 92.3 Å². The zero-order valence-electron chi connectivity index (χ0n) is 26.8. The summed E-state index contributed by atoms with van der Waals surface area (Å²) in [7, 11) is 0. The number of rotatable bonds is 2. The summed E-state index contributed by atoms with van der Waals surface area (Å²) in [5.41, 5.74) is 7.99. The molecule has 0 spiro atoms. The van der Waals surface area contributed by atoms with Gasteiger partial charge in [0.25, 0.3) is 0 Å². The minimum Gasteiger partial charge on any atom is -0.308 e. The standard InChI is InChI=1S/C46H26N4/c1-3-15-29-27(12-1)14-11-20-32(29)45-47-37-21-8-5-18-33(37)46(48-45)50-40-26-36-31-17-6-9-22-38(31)49-39-23-10-7-19-34(39)42(44(36)49)41(40)35-25-24-28-13-2-4-16-30(28)43(35)50/h1-26H. The minimum atomic E-state index is 0.721. The number of aromatic nitrogens is 4. The molecule has 0 aliphatic rings. The fourth-order valence-corrected chi connectivity index (χ4v) is 8.76. The van der Waals surface area contributed by atoms with Gasteiger partial charge in [0.15, 0.2) is 5.82 Å². The van der Waals surface area contributed by atoms with Crippen LogP contribution in [-0.4, -0.2) is 18.9 Å². The molecule has 230 valence electrons. The van der Waals surface area contributed by atoms with Crippen LogP contribution in [0.3, 0.4) is 0 Å². The maximum Gasteiger partial charge on any atom is 0.162 e. The highest BCUT2D eigenvalue weighted by Gasteiger charge is 2.26. The molecule has 0 aliphatic carbocycles. The van der Waals surface area contributed by atoms with Gasteiger partial charge in [0, 0.05) is 48.7 Å². The van der Waals surface area contributed by atoms with E-state index in [9.17, 15) is 0 Å². The number of hydrogen-bond acceptors (Lipinski definition) is 2. The second kappa shape index (κ2) is 9.43. The van der Waals surface area contributed by atoms with Crippen molar-refractivity contribution < 1.29 is 0 Å². The van der Waals surface area contributed by atoms with E-state index in [4.69, 9.17) is 9.97 Å². The molecular weight excluding hydrogens is 609 g/mol. The minimum absolute atomic E-state index is 0.721. The summed E-state index contributed by atoms with van der Waals surface area (Å²) in [5.74, 6) is 1.61. The maximum atomic E-state index is 5.56. The zero-order valence-corrected chi connectivity index (χ0v) is 26.8. The number of benzene rings is 8. The van der Waals surface area contributed by atoms with Crippen LogP contribution < -0.4 is 0 Å². The lowest BCUT2D eigenvalue weighted by Crippen LogP contribution is -2.03. The molecule has 4 heteroatoms. The van der Waals surface area contributed by atoms with Crippen molar-refractivity contribution in [2.24, 2.45) is 0 Å². The maximum absolute atomic E-state index is 5.56. The highest BCUT2D eigenvalue weighted by molar-refractivity contribution is 6.37. The Morgan fingerprint density at radius 2 is 1.02 bits per heavy atom. The van der Waals surface area contributed by atoms with Crippen LogP contribution in [0.2, 0.25) is 0 Å². The second-order valence-electron chi connectivity index (χ2n) is 13.3. The Labute approximate surface area is 285 Å². The fraction of sp³-hybridized carbons (Fsp3) is 0. The SMILES string of the molecule is c1ccc2c(-c3nc(-n4c5cc6c7ccccc7n7c8ccccc8c(c5c5ccc8ccccc8c54)c67)c4ccccc4n3)cccc2c1. The van der Waals surface area contributed by atoms with Gasteiger partial charge in [-0.15, -0.1) is 0 Å². The van der Waals surface area contributed by atoms with E-state index in [1.165, 1.54) is 65.0 Å². The second-order valence-corrected chi connectivity index (χ2v) is 13.3. The van der Waals surface area contributed by atoms with Gasteiger partial charge in [-0.05, 0) is 46.5 Å². The third kappa shape index (κ3) is 3.25. The highest BCUT2D eigenvalue weighted by atomic mass is 15.1. The summed E-state index contributed by atoms with van der Waals surface area (Å²) in [6, 6.07) is 56.8. The molecule has 0 radical (unpaired) electrons. The first-order chi connectivity index (χ1) is 24.8. The molecule has 8 aromatic carbocycles. The molecule has 0 fully saturated rings. The summed E-state index contributed by atoms with van der Waals surface area (Å²) >= 11 is 0. The smallest absolute Gasteiger partial charge is 0.162 e. The highest BCUT2D eigenvalue weighted by Crippen LogP contribution is 2.48. The van der Waals surface area contributed by atoms with E-state index >= 15 is 0 Å². The molecule has 12 aromatic rings. The summed E-state index contributed by atoms with van der Waals surface area (Å²) in [4.78, 5) is 10.8. The average Bonchev–Trinajstić information content (AvgIpc) is 3.82. The monoisotopic (exact) mass is 634 g/mol. The van der Waals surface area contributed by atoms with Gasteiger partial charge in [-0.3, -0.25) is 4.57 Å². The Morgan fingerprint density at radius 3 is 1.86 bits per heavy atom. The number of para-hydroxylation sites is 3. The van der Waals surface area contributed by atoms with E-state index < -0.39 is 0 Å². The first-order valence-corrected chi connectivity index (χ1v) is 17.1. The van der Waals surface area contributed by atoms with Crippen molar-refractivity contribution in [1.82, 2.24) is 18.9 Å². The van der Waals surface area contributed by atoms with Crippen LogP contribution in [0.5, 0.6) is 0 Å². The lowest BCUT2D eigenvalue weighted by atomic mass is 10.0. The Kier molecular flexibility index (Phi) is 4.94. The summed E-state index contributed by atoms with van der Waals surface area (Å²) in [5, 5.41) is 13.3. The first kappa shape index (κ1) is 26.2. The summed E-state index contributed by atoms with van der Waals surface area (Å²) in [6.07, 6.45) is 0. The molecule has 0 saturated heterocycles. The molecule has 12 rings (SSSR count). The Balaban J connectivity index is 1.35. The van der Waals surface area contributed by atoms with Crippen molar-refractivity contribution in [2.45, 2.75) is 0 Å². The van der Waals surface area contributed by atoms with Crippen molar-refractivity contribution in [2.75, 3.05) is 0 Å². The lowest BCUT2D eigenvalue weighted by molar-refractivity contribution is 1.08. The predicted molar refractivity (Wildman–Crippen MR) is 209 cm³/mol. The van der Waals surface area contributed by atoms with E-state index in [0.717, 1.165) is 44.5 Å². The third-order valence-electron chi connectivity index (χ3n) is 10.8. The van der Waals surface area contributed by atoms with Crippen LogP contribution in [0.4, 0.5) is 0 Å². The molecule has 4 aromatic heterocycles. The van der Waals surface area contributed by atoms with Gasteiger partial charge in [0.2, 0.25) is 0 Å². The fourth-order valence-electron chi connectivity index (χ4n) is 8.76. The van der Waals surface area contributed by atoms with Crippen molar-refractivity contribution in [3.8, 4) is 17.2 Å². The molecule has 0 unspecified atom stereocenters. The topological polar surface area (TPSA) is 35.1 Å². The number of hydrogen-bond donors (Lipinski definition) is 0. The Hall–Kier alpha value is -6.78. The van der Waals surface area contributed by atoms with Crippen LogP contribution in [0.1, 0.15) is 0 Å². The van der Waals surface area contributed by atoms with Crippen LogP contribution in [-0.2, 0) is 0 Å². The van der Waals surface area contributed by atoms with Gasteiger partial charge in [-0.2, -0.15) is 0 Å². The van der Waals surface area contributed by atoms with E-state index in [1.807, 2.05) is 0 Å². The number of nitrogens with zero attached hydrogens (tertiary/aromatic N) is 4. The normalized spacial score (nSPS) is 12.4. The Bertz CT molecular complexity index is 3380. The summed E-state index contributed by atoms with van der Waals surface area (Å²) < 4.78 is 4.91. The molecule has 0 atom stereocenters. The van der Waals surface area contributed by atoms with E-state index in [-0.39, 0.29) is 0 Å². The number of fused-ring (bicyclic) bond motifs is 14. The van der Waals surface area contributed by atoms with Gasteiger partial charge in [-0.25, -0.2) is 9.97 Å². The van der Waals surface area contributed by atoms with Crippen molar-refractivity contribution in [3.05, 3.63) is 158 Å². The first-order valence-electron chi connectivity index (χ1n) is 17.1. The summed E-state index contributed by atoms with van der Waals surface area (Å²) in [6.45, 7) is 0. The molecule has 50 heavy (non-hydrogen) atoms. The molecular formula is C46H26N4. The average molecular weight is 635 g/mol. The van der Waals surface area contributed by atoms with Crippen LogP contribution in [0.25, 0.3) is 110 Å². The third-order valence-corrected chi connectivity index (χ3v) is 10.8. The molecule has 0 N–H and O–H groups in total. The van der Waals surface area contributed by atoms with Gasteiger partial charge in [0.05, 0.1) is 33.1 Å². The zero-order chi connectivity index (χ0) is 32.5. The Morgan fingerprint density at radius 1 is 0.380 bits per heavy atom. The van der Waals surface area contributed by atoms with Crippen LogP contribution >= 0.6 is 0 Å². The van der Waals surface area contributed by atoms with Gasteiger partial charge >= 0.3 is 0 Å². The van der Waals surface area contributed by atoms with Crippen LogP contribution in [0.15, 0.2) is 158 Å². The molecule has 0 saturated carbocycles. The molecule has 4 heterocycles. The molecule has 0 bridgehead atoms. The van der Waals surface area contributed by atoms with E-state index in [2.05, 4.69) is 167 Å². The molecule has 0 amide bonds. The molecule has 0 aliphatic heterocycles. The largest absolute Gasteiger partial charge is 0.308 e.